The molecule has 2 fully saturated rings. The standard InChI is InChI=1S/C15H28N2O/c1-11-10-13(8-9-14(11)17(2)3)16-15(18)12-6-4-5-7-12/h11-14H,4-10H2,1-3H3,(H,16,18). The van der Waals surface area contributed by atoms with Gasteiger partial charge in [0.2, 0.25) is 5.91 Å². The first-order valence-corrected chi connectivity index (χ1v) is 7.54. The van der Waals surface area contributed by atoms with Gasteiger partial charge in [-0.3, -0.25) is 4.79 Å². The summed E-state index contributed by atoms with van der Waals surface area (Å²) in [5, 5.41) is 3.29. The second kappa shape index (κ2) is 6.05. The molecule has 1 amide bonds. The van der Waals surface area contributed by atoms with Crippen molar-refractivity contribution in [1.29, 1.82) is 0 Å². The maximum atomic E-state index is 12.1. The van der Waals surface area contributed by atoms with E-state index in [0.29, 0.717) is 29.8 Å². The molecule has 0 bridgehead atoms. The maximum Gasteiger partial charge on any atom is 0.223 e. The van der Waals surface area contributed by atoms with Gasteiger partial charge in [-0.25, -0.2) is 0 Å². The molecule has 2 aliphatic carbocycles. The number of hydrogen-bond donors (Lipinski definition) is 1. The van der Waals surface area contributed by atoms with E-state index in [-0.39, 0.29) is 0 Å². The topological polar surface area (TPSA) is 32.3 Å². The molecule has 1 N–H and O–H groups in total. The van der Waals surface area contributed by atoms with E-state index in [9.17, 15) is 4.79 Å². The van der Waals surface area contributed by atoms with E-state index in [1.807, 2.05) is 0 Å². The lowest BCUT2D eigenvalue weighted by molar-refractivity contribution is -0.125. The van der Waals surface area contributed by atoms with Gasteiger partial charge in [0.1, 0.15) is 0 Å². The Morgan fingerprint density at radius 2 is 1.78 bits per heavy atom. The summed E-state index contributed by atoms with van der Waals surface area (Å²) in [6, 6.07) is 1.11. The Balaban J connectivity index is 1.79. The van der Waals surface area contributed by atoms with Gasteiger partial charge in [-0.2, -0.15) is 0 Å². The third-order valence-electron chi connectivity index (χ3n) is 4.86. The van der Waals surface area contributed by atoms with E-state index in [0.717, 1.165) is 25.7 Å². The Morgan fingerprint density at radius 3 is 2.33 bits per heavy atom. The van der Waals surface area contributed by atoms with Crippen LogP contribution in [0.1, 0.15) is 51.9 Å². The van der Waals surface area contributed by atoms with E-state index in [1.54, 1.807) is 0 Å². The molecule has 0 aromatic carbocycles. The zero-order valence-electron chi connectivity index (χ0n) is 12.1. The highest BCUT2D eigenvalue weighted by molar-refractivity contribution is 5.79. The fraction of sp³-hybridized carbons (Fsp3) is 0.933. The Labute approximate surface area is 111 Å². The number of nitrogens with zero attached hydrogens (tertiary/aromatic N) is 1. The van der Waals surface area contributed by atoms with Crippen LogP contribution in [-0.2, 0) is 4.79 Å². The maximum absolute atomic E-state index is 12.1. The zero-order chi connectivity index (χ0) is 13.1. The molecule has 0 saturated heterocycles. The monoisotopic (exact) mass is 252 g/mol. The summed E-state index contributed by atoms with van der Waals surface area (Å²) < 4.78 is 0. The third kappa shape index (κ3) is 3.25. The van der Waals surface area contributed by atoms with Crippen molar-refractivity contribution in [3.8, 4) is 0 Å². The third-order valence-corrected chi connectivity index (χ3v) is 4.86. The van der Waals surface area contributed by atoms with Crippen LogP contribution in [0.15, 0.2) is 0 Å². The van der Waals surface area contributed by atoms with E-state index in [2.05, 4.69) is 31.2 Å². The Hall–Kier alpha value is -0.570. The lowest BCUT2D eigenvalue weighted by atomic mass is 9.82. The predicted molar refractivity (Wildman–Crippen MR) is 74.4 cm³/mol. The molecular weight excluding hydrogens is 224 g/mol. The summed E-state index contributed by atoms with van der Waals surface area (Å²) in [7, 11) is 4.33. The van der Waals surface area contributed by atoms with Crippen LogP contribution in [0.3, 0.4) is 0 Å². The van der Waals surface area contributed by atoms with Gasteiger partial charge in [0.25, 0.3) is 0 Å². The van der Waals surface area contributed by atoms with Crippen molar-refractivity contribution in [2.75, 3.05) is 14.1 Å². The summed E-state index contributed by atoms with van der Waals surface area (Å²) in [5.74, 6) is 1.32. The lowest BCUT2D eigenvalue weighted by Gasteiger charge is -2.38. The van der Waals surface area contributed by atoms with Crippen LogP contribution in [0, 0.1) is 11.8 Å². The van der Waals surface area contributed by atoms with Crippen molar-refractivity contribution in [3.63, 3.8) is 0 Å². The van der Waals surface area contributed by atoms with Crippen LogP contribution >= 0.6 is 0 Å². The number of hydrogen-bond acceptors (Lipinski definition) is 2. The molecule has 18 heavy (non-hydrogen) atoms. The van der Waals surface area contributed by atoms with Gasteiger partial charge in [-0.05, 0) is 52.1 Å². The zero-order valence-corrected chi connectivity index (χ0v) is 12.1. The first-order valence-electron chi connectivity index (χ1n) is 7.54. The number of carbonyl (C=O) groups excluding carboxylic acids is 1. The number of nitrogens with one attached hydrogen (secondary N) is 1. The minimum Gasteiger partial charge on any atom is -0.353 e. The Morgan fingerprint density at radius 1 is 1.11 bits per heavy atom. The molecule has 2 aliphatic rings. The summed E-state index contributed by atoms with van der Waals surface area (Å²) in [4.78, 5) is 14.4. The molecule has 0 radical (unpaired) electrons. The number of carbonyl (C=O) groups is 1. The molecular formula is C15H28N2O. The van der Waals surface area contributed by atoms with Crippen molar-refractivity contribution >= 4 is 5.91 Å². The van der Waals surface area contributed by atoms with Crippen LogP contribution in [0.2, 0.25) is 0 Å². The van der Waals surface area contributed by atoms with Crippen LogP contribution in [0.5, 0.6) is 0 Å². The first-order chi connectivity index (χ1) is 8.58. The SMILES string of the molecule is CC1CC(NC(=O)C2CCCC2)CCC1N(C)C. The van der Waals surface area contributed by atoms with Gasteiger partial charge in [0, 0.05) is 18.0 Å². The molecule has 0 aromatic heterocycles. The van der Waals surface area contributed by atoms with E-state index >= 15 is 0 Å². The van der Waals surface area contributed by atoms with E-state index < -0.39 is 0 Å². The largest absolute Gasteiger partial charge is 0.353 e. The normalized spacial score (nSPS) is 33.9. The molecule has 3 nitrogen and oxygen atoms in total. The molecule has 3 unspecified atom stereocenters. The molecule has 0 spiro atoms. The molecule has 0 aromatic rings. The number of amides is 1. The van der Waals surface area contributed by atoms with Crippen LogP contribution in [0.25, 0.3) is 0 Å². The van der Waals surface area contributed by atoms with Crippen molar-refractivity contribution < 1.29 is 4.79 Å². The molecule has 3 heteroatoms. The minimum absolute atomic E-state index is 0.312. The summed E-state index contributed by atoms with van der Waals surface area (Å²) >= 11 is 0. The second-order valence-corrected chi connectivity index (χ2v) is 6.51. The Bertz CT molecular complexity index is 284. The fourth-order valence-corrected chi connectivity index (χ4v) is 3.79. The lowest BCUT2D eigenvalue weighted by Crippen LogP contribution is -2.47. The highest BCUT2D eigenvalue weighted by Gasteiger charge is 2.31. The van der Waals surface area contributed by atoms with Crippen LogP contribution < -0.4 is 5.32 Å². The average Bonchev–Trinajstić information content (AvgIpc) is 2.81. The average molecular weight is 252 g/mol. The van der Waals surface area contributed by atoms with Gasteiger partial charge in [-0.15, -0.1) is 0 Å². The predicted octanol–water partition coefficient (Wildman–Crippen LogP) is 2.41. The van der Waals surface area contributed by atoms with Gasteiger partial charge in [0.05, 0.1) is 0 Å². The van der Waals surface area contributed by atoms with Crippen LogP contribution in [0.4, 0.5) is 0 Å². The van der Waals surface area contributed by atoms with Crippen molar-refractivity contribution in [2.45, 2.75) is 64.0 Å². The first kappa shape index (κ1) is 13.9. The second-order valence-electron chi connectivity index (χ2n) is 6.51. The highest BCUT2D eigenvalue weighted by Crippen LogP contribution is 2.29. The number of rotatable bonds is 3. The van der Waals surface area contributed by atoms with Crippen LogP contribution in [-0.4, -0.2) is 37.0 Å². The Kier molecular flexibility index (Phi) is 4.66. The van der Waals surface area contributed by atoms with Gasteiger partial charge in [-0.1, -0.05) is 19.8 Å². The molecule has 104 valence electrons. The molecule has 0 aliphatic heterocycles. The quantitative estimate of drug-likeness (QED) is 0.836. The van der Waals surface area contributed by atoms with Gasteiger partial charge in [0.15, 0.2) is 0 Å². The van der Waals surface area contributed by atoms with Crippen molar-refractivity contribution in [1.82, 2.24) is 10.2 Å². The van der Waals surface area contributed by atoms with Crippen molar-refractivity contribution in [3.05, 3.63) is 0 Å². The molecule has 2 rings (SSSR count). The summed E-state index contributed by atoms with van der Waals surface area (Å²) in [6.45, 7) is 2.32. The summed E-state index contributed by atoms with van der Waals surface area (Å²) in [5.41, 5.74) is 0. The fourth-order valence-electron chi connectivity index (χ4n) is 3.79. The smallest absolute Gasteiger partial charge is 0.223 e. The van der Waals surface area contributed by atoms with E-state index in [4.69, 9.17) is 0 Å². The molecule has 2 saturated carbocycles. The minimum atomic E-state index is 0.312. The molecule has 3 atom stereocenters. The molecule has 0 heterocycles. The summed E-state index contributed by atoms with van der Waals surface area (Å²) in [6.07, 6.45) is 8.18. The van der Waals surface area contributed by atoms with Crippen molar-refractivity contribution in [2.24, 2.45) is 11.8 Å². The van der Waals surface area contributed by atoms with Gasteiger partial charge >= 0.3 is 0 Å². The highest BCUT2D eigenvalue weighted by atomic mass is 16.1. The van der Waals surface area contributed by atoms with E-state index in [1.165, 1.54) is 19.3 Å². The van der Waals surface area contributed by atoms with Gasteiger partial charge < -0.3 is 10.2 Å².